The van der Waals surface area contributed by atoms with Crippen LogP contribution in [-0.2, 0) is 10.0 Å². The van der Waals surface area contributed by atoms with Crippen molar-refractivity contribution >= 4 is 18.1 Å². The Balaban J connectivity index is 3.75. The van der Waals surface area contributed by atoms with Crippen LogP contribution in [0.25, 0.3) is 0 Å². The number of nitrogens with zero attached hydrogens (tertiary/aromatic N) is 1. The molecule has 0 aliphatic heterocycles. The molecule has 0 spiro atoms. The molecule has 0 aliphatic carbocycles. The zero-order valence-electron chi connectivity index (χ0n) is 20.6. The summed E-state index contributed by atoms with van der Waals surface area (Å²) in [6.45, 7) is 15.9. The van der Waals surface area contributed by atoms with E-state index >= 15 is 0 Å². The number of hydrogen-bond donors (Lipinski definition) is 0. The monoisotopic (exact) mass is 481 g/mol. The maximum absolute atomic E-state index is 13.6. The Kier molecular flexibility index (Phi) is 10.6. The average molecular weight is 482 g/mol. The van der Waals surface area contributed by atoms with Crippen molar-refractivity contribution in [2.24, 2.45) is 0 Å². The number of benzene rings is 1. The van der Waals surface area contributed by atoms with E-state index in [0.717, 1.165) is 5.56 Å². The van der Waals surface area contributed by atoms with Gasteiger partial charge < -0.3 is 0 Å². The van der Waals surface area contributed by atoms with Gasteiger partial charge in [-0.05, 0) is 40.9 Å². The van der Waals surface area contributed by atoms with Crippen LogP contribution in [0, 0.1) is 18.8 Å². The molecule has 1 aromatic rings. The molecule has 0 radical (unpaired) electrons. The molecule has 0 atom stereocenters. The minimum absolute atomic E-state index is 0.0537. The van der Waals surface area contributed by atoms with Gasteiger partial charge in [-0.15, -0.1) is 5.92 Å². The van der Waals surface area contributed by atoms with Crippen LogP contribution in [0.15, 0.2) is 46.2 Å². The Labute approximate surface area is 194 Å². The normalized spacial score (nSPS) is 12.2. The van der Waals surface area contributed by atoms with Crippen LogP contribution in [0.3, 0.4) is 0 Å². The van der Waals surface area contributed by atoms with Gasteiger partial charge in [0.15, 0.2) is 0 Å². The minimum atomic E-state index is -3.93. The summed E-state index contributed by atoms with van der Waals surface area (Å²) in [7, 11) is -6.50. The van der Waals surface area contributed by atoms with Gasteiger partial charge in [0.05, 0.1) is 11.4 Å². The third-order valence-electron chi connectivity index (χ3n) is 6.18. The highest BCUT2D eigenvalue weighted by Gasteiger charge is 2.47. The van der Waals surface area contributed by atoms with Gasteiger partial charge in [-0.1, -0.05) is 77.8 Å². The maximum Gasteiger partial charge on any atom is 0.312 e. The lowest BCUT2D eigenvalue weighted by Gasteiger charge is -2.45. The van der Waals surface area contributed by atoms with Gasteiger partial charge in [-0.25, -0.2) is 8.42 Å². The number of hydrogen-bond acceptors (Lipinski definition) is 2. The molecule has 32 heavy (non-hydrogen) atoms. The second-order valence-corrected chi connectivity index (χ2v) is 16.9. The largest absolute Gasteiger partial charge is 0.312 e. The van der Waals surface area contributed by atoms with Crippen molar-refractivity contribution in [3.8, 4) is 11.8 Å². The molecule has 0 aromatic heterocycles. The predicted molar refractivity (Wildman–Crippen MR) is 132 cm³/mol. The molecule has 3 nitrogen and oxygen atoms in total. The minimum Gasteiger partial charge on any atom is -0.207 e. The van der Waals surface area contributed by atoms with Crippen LogP contribution >= 0.6 is 0 Å². The summed E-state index contributed by atoms with van der Waals surface area (Å²) in [6.07, 6.45) is -1.32. The van der Waals surface area contributed by atoms with Crippen molar-refractivity contribution in [2.45, 2.75) is 83.3 Å². The van der Waals surface area contributed by atoms with Crippen molar-refractivity contribution in [3.63, 3.8) is 0 Å². The summed E-state index contributed by atoms with van der Waals surface area (Å²) < 4.78 is 55.6. The molecule has 1 aromatic carbocycles. The summed E-state index contributed by atoms with van der Waals surface area (Å²) in [5.41, 5.74) is 3.67. The second kappa shape index (κ2) is 11.9. The molecule has 0 unspecified atom stereocenters. The van der Waals surface area contributed by atoms with E-state index in [-0.39, 0.29) is 34.6 Å². The fourth-order valence-electron chi connectivity index (χ4n) is 4.97. The predicted octanol–water partition coefficient (Wildman–Crippen LogP) is 6.92. The van der Waals surface area contributed by atoms with Gasteiger partial charge >= 0.3 is 6.08 Å². The third kappa shape index (κ3) is 6.42. The molecule has 0 saturated carbocycles. The second-order valence-electron chi connectivity index (χ2n) is 9.05. The first kappa shape index (κ1) is 28.3. The zero-order valence-corrected chi connectivity index (χ0v) is 22.4. The Bertz CT molecular complexity index is 971. The molecule has 0 N–H and O–H groups in total. The van der Waals surface area contributed by atoms with Gasteiger partial charge in [0, 0.05) is 13.0 Å². The first-order valence-corrected chi connectivity index (χ1v) is 14.8. The molecular weight excluding hydrogens is 444 g/mol. The van der Waals surface area contributed by atoms with Crippen molar-refractivity contribution < 1.29 is 17.2 Å². The number of rotatable bonds is 9. The number of sulfonamides is 1. The van der Waals surface area contributed by atoms with Crippen molar-refractivity contribution in [1.82, 2.24) is 4.31 Å². The molecule has 0 fully saturated rings. The Morgan fingerprint density at radius 2 is 1.47 bits per heavy atom. The summed E-state index contributed by atoms with van der Waals surface area (Å²) in [6, 6.07) is 6.57. The summed E-state index contributed by atoms with van der Waals surface area (Å²) in [4.78, 5) is 0.136. The highest BCUT2D eigenvalue weighted by Crippen LogP contribution is 2.46. The molecule has 0 amide bonds. The molecular formula is C25H37F2NO2SSi. The molecule has 0 heterocycles. The van der Waals surface area contributed by atoms with Gasteiger partial charge in [-0.3, -0.25) is 0 Å². The number of aryl methyl sites for hydroxylation is 1. The number of halogens is 2. The van der Waals surface area contributed by atoms with Gasteiger partial charge in [0.2, 0.25) is 10.0 Å². The van der Waals surface area contributed by atoms with Crippen LogP contribution in [-0.4, -0.2) is 33.9 Å². The molecule has 0 aliphatic rings. The van der Waals surface area contributed by atoms with E-state index in [4.69, 9.17) is 0 Å². The molecule has 0 saturated heterocycles. The van der Waals surface area contributed by atoms with Gasteiger partial charge in [0.1, 0.15) is 8.07 Å². The van der Waals surface area contributed by atoms with Crippen molar-refractivity contribution in [1.29, 1.82) is 0 Å². The van der Waals surface area contributed by atoms with E-state index in [2.05, 4.69) is 59.1 Å². The lowest BCUT2D eigenvalue weighted by molar-refractivity contribution is 0.422. The van der Waals surface area contributed by atoms with Crippen LogP contribution in [0.4, 0.5) is 8.78 Å². The fourth-order valence-corrected chi connectivity index (χ4v) is 13.3. The van der Waals surface area contributed by atoms with E-state index in [1.54, 1.807) is 24.3 Å². The van der Waals surface area contributed by atoms with E-state index in [1.165, 1.54) is 4.31 Å². The molecule has 0 bridgehead atoms. The third-order valence-corrected chi connectivity index (χ3v) is 15.1. The standard InChI is InChI=1S/C25H37F2NO2SSi/c1-9-10-11-16-28(31(29,30)23-14-12-22(8)13-15-23)18-24(17-25(26)27)32(19(2)3,20(4)5)21(6)7/h12-15,19-21H,9,16,18H2,1-8H3. The van der Waals surface area contributed by atoms with Gasteiger partial charge in [-0.2, -0.15) is 13.1 Å². The Hall–Kier alpha value is -1.71. The lowest BCUT2D eigenvalue weighted by Crippen LogP contribution is -2.50. The van der Waals surface area contributed by atoms with Crippen molar-refractivity contribution in [3.05, 3.63) is 46.8 Å². The summed E-state index contributed by atoms with van der Waals surface area (Å²) >= 11 is 0. The SMILES string of the molecule is CCC#CCN(CC(=C=C(F)F)[Si](C(C)C)(C(C)C)C(C)C)S(=O)(=O)c1ccc(C)cc1. The Morgan fingerprint density at radius 3 is 1.88 bits per heavy atom. The summed E-state index contributed by atoms with van der Waals surface area (Å²) in [5, 5.41) is 0.437. The van der Waals surface area contributed by atoms with Crippen molar-refractivity contribution in [2.75, 3.05) is 13.1 Å². The molecule has 1 rings (SSSR count). The first-order chi connectivity index (χ1) is 14.8. The summed E-state index contributed by atoms with van der Waals surface area (Å²) in [5.74, 6) is 5.80. The highest BCUT2D eigenvalue weighted by molar-refractivity contribution is 7.89. The first-order valence-electron chi connectivity index (χ1n) is 11.1. The van der Waals surface area contributed by atoms with Crippen LogP contribution in [0.2, 0.25) is 16.6 Å². The zero-order chi connectivity index (χ0) is 24.7. The van der Waals surface area contributed by atoms with Crippen LogP contribution in [0.5, 0.6) is 0 Å². The Morgan fingerprint density at radius 1 is 0.969 bits per heavy atom. The molecule has 178 valence electrons. The maximum atomic E-state index is 13.6. The van der Waals surface area contributed by atoms with E-state index in [9.17, 15) is 17.2 Å². The van der Waals surface area contributed by atoms with Crippen LogP contribution < -0.4 is 0 Å². The van der Waals surface area contributed by atoms with E-state index < -0.39 is 24.2 Å². The van der Waals surface area contributed by atoms with E-state index in [1.807, 2.05) is 13.8 Å². The average Bonchev–Trinajstić information content (AvgIpc) is 2.66. The van der Waals surface area contributed by atoms with E-state index in [0.29, 0.717) is 11.6 Å². The highest BCUT2D eigenvalue weighted by atomic mass is 32.2. The quantitative estimate of drug-likeness (QED) is 0.218. The smallest absolute Gasteiger partial charge is 0.207 e. The topological polar surface area (TPSA) is 37.4 Å². The van der Waals surface area contributed by atoms with Gasteiger partial charge in [0.25, 0.3) is 0 Å². The van der Waals surface area contributed by atoms with Crippen LogP contribution in [0.1, 0.15) is 60.5 Å². The molecule has 7 heteroatoms. The fraction of sp³-hybridized carbons (Fsp3) is 0.560. The lowest BCUT2D eigenvalue weighted by atomic mass is 10.2.